The Morgan fingerprint density at radius 1 is 1.12 bits per heavy atom. The smallest absolute Gasteiger partial charge is 0.314 e. The van der Waals surface area contributed by atoms with Gasteiger partial charge in [0.1, 0.15) is 0 Å². The van der Waals surface area contributed by atoms with E-state index in [1.807, 2.05) is 23.1 Å². The Balaban J connectivity index is 1.57. The molecule has 0 saturated carbocycles. The zero-order valence-corrected chi connectivity index (χ0v) is 14.4. The van der Waals surface area contributed by atoms with Gasteiger partial charge in [-0.2, -0.15) is 5.26 Å². The number of benzene rings is 1. The van der Waals surface area contributed by atoms with Crippen LogP contribution in [0.25, 0.3) is 0 Å². The first kappa shape index (κ1) is 17.3. The summed E-state index contributed by atoms with van der Waals surface area (Å²) in [6.45, 7) is 2.55. The van der Waals surface area contributed by atoms with Crippen LogP contribution >= 0.6 is 0 Å². The van der Waals surface area contributed by atoms with E-state index in [0.29, 0.717) is 24.6 Å². The first-order valence-corrected chi connectivity index (χ1v) is 8.91. The molecule has 2 saturated heterocycles. The number of nitrogens with two attached hydrogens (primary N) is 1. The van der Waals surface area contributed by atoms with Crippen LogP contribution in [0.3, 0.4) is 0 Å². The molecule has 3 rings (SSSR count). The van der Waals surface area contributed by atoms with Crippen LogP contribution in [0.5, 0.6) is 0 Å². The van der Waals surface area contributed by atoms with Gasteiger partial charge in [-0.25, -0.2) is 4.79 Å². The number of hydrogen-bond acceptors (Lipinski definition) is 3. The molecule has 0 aliphatic carbocycles. The number of nitriles is 1. The maximum atomic E-state index is 12.8. The van der Waals surface area contributed by atoms with Gasteiger partial charge in [-0.15, -0.1) is 0 Å². The molecule has 2 fully saturated rings. The predicted octanol–water partition coefficient (Wildman–Crippen LogP) is 2.05. The Bertz CT molecular complexity index is 689. The van der Waals surface area contributed by atoms with Crippen molar-refractivity contribution in [3.05, 3.63) is 35.4 Å². The fourth-order valence-corrected chi connectivity index (χ4v) is 3.93. The predicted molar refractivity (Wildman–Crippen MR) is 93.6 cm³/mol. The van der Waals surface area contributed by atoms with Crippen LogP contribution in [-0.2, 0) is 4.79 Å². The molecule has 25 heavy (non-hydrogen) atoms. The van der Waals surface area contributed by atoms with Gasteiger partial charge in [0.25, 0.3) is 0 Å². The lowest BCUT2D eigenvalue weighted by atomic mass is 9.87. The van der Waals surface area contributed by atoms with Gasteiger partial charge in [-0.1, -0.05) is 12.1 Å². The van der Waals surface area contributed by atoms with Crippen LogP contribution in [0.1, 0.15) is 42.7 Å². The summed E-state index contributed by atoms with van der Waals surface area (Å²) in [5.74, 6) is 0.417. The maximum absolute atomic E-state index is 12.8. The van der Waals surface area contributed by atoms with Gasteiger partial charge >= 0.3 is 6.03 Å². The minimum absolute atomic E-state index is 0.125. The van der Waals surface area contributed by atoms with Crippen molar-refractivity contribution < 1.29 is 9.59 Å². The average molecular weight is 340 g/mol. The van der Waals surface area contributed by atoms with Crippen LogP contribution in [0.4, 0.5) is 4.79 Å². The Labute approximate surface area is 148 Å². The number of likely N-dealkylation sites (tertiary alicyclic amines) is 2. The number of primary amides is 1. The summed E-state index contributed by atoms with van der Waals surface area (Å²) >= 11 is 0. The molecule has 3 amide bonds. The van der Waals surface area contributed by atoms with Crippen molar-refractivity contribution in [2.45, 2.75) is 31.6 Å². The Morgan fingerprint density at radius 2 is 1.88 bits per heavy atom. The van der Waals surface area contributed by atoms with Gasteiger partial charge in [0.05, 0.1) is 17.6 Å². The van der Waals surface area contributed by atoms with Crippen LogP contribution < -0.4 is 5.73 Å². The quantitative estimate of drug-likeness (QED) is 0.893. The van der Waals surface area contributed by atoms with E-state index in [9.17, 15) is 9.59 Å². The summed E-state index contributed by atoms with van der Waals surface area (Å²) in [6, 6.07) is 9.50. The molecular formula is C19H24N4O2. The highest BCUT2D eigenvalue weighted by atomic mass is 16.2. The molecule has 6 nitrogen and oxygen atoms in total. The van der Waals surface area contributed by atoms with Gasteiger partial charge in [-0.3, -0.25) is 4.79 Å². The fourth-order valence-electron chi connectivity index (χ4n) is 3.93. The second-order valence-electron chi connectivity index (χ2n) is 6.96. The molecule has 2 N–H and O–H groups in total. The monoisotopic (exact) mass is 340 g/mol. The molecule has 1 aromatic rings. The number of carbonyl (C=O) groups excluding carboxylic acids is 2. The maximum Gasteiger partial charge on any atom is 0.314 e. The molecule has 0 unspecified atom stereocenters. The van der Waals surface area contributed by atoms with Crippen LogP contribution in [-0.4, -0.2) is 47.9 Å². The molecule has 2 aliphatic rings. The van der Waals surface area contributed by atoms with Gasteiger partial charge in [-0.05, 0) is 49.3 Å². The van der Waals surface area contributed by atoms with Crippen molar-refractivity contribution in [2.24, 2.45) is 11.7 Å². The third-order valence-corrected chi connectivity index (χ3v) is 5.38. The standard InChI is InChI=1S/C19H24N4O2/c20-12-14-3-1-4-16(11-14)15-6-9-22(10-7-15)18(24)17-5-2-8-23(13-17)19(21)25/h1,3-4,11,15,17H,2,5-10,13H2,(H2,21,25)/t17-/m1/s1. The SMILES string of the molecule is N#Cc1cccc(C2CCN(C(=O)[C@@H]3CCCN(C(N)=O)C3)CC2)c1. The van der Waals surface area contributed by atoms with Gasteiger partial charge in [0, 0.05) is 26.2 Å². The van der Waals surface area contributed by atoms with Crippen molar-refractivity contribution in [3.63, 3.8) is 0 Å². The third-order valence-electron chi connectivity index (χ3n) is 5.38. The first-order valence-electron chi connectivity index (χ1n) is 8.91. The summed E-state index contributed by atoms with van der Waals surface area (Å²) in [6.07, 6.45) is 3.48. The largest absolute Gasteiger partial charge is 0.351 e. The number of carbonyl (C=O) groups is 2. The molecule has 132 valence electrons. The van der Waals surface area contributed by atoms with E-state index < -0.39 is 6.03 Å². The zero-order chi connectivity index (χ0) is 17.8. The number of urea groups is 1. The van der Waals surface area contributed by atoms with E-state index in [1.165, 1.54) is 5.56 Å². The minimum Gasteiger partial charge on any atom is -0.351 e. The average Bonchev–Trinajstić information content (AvgIpc) is 2.67. The van der Waals surface area contributed by atoms with Gasteiger partial charge in [0.15, 0.2) is 0 Å². The summed E-state index contributed by atoms with van der Waals surface area (Å²) in [4.78, 5) is 27.6. The summed E-state index contributed by atoms with van der Waals surface area (Å²) in [5.41, 5.74) is 7.22. The van der Waals surface area contributed by atoms with E-state index in [-0.39, 0.29) is 11.8 Å². The Morgan fingerprint density at radius 3 is 2.56 bits per heavy atom. The van der Waals surface area contributed by atoms with Crippen molar-refractivity contribution in [3.8, 4) is 6.07 Å². The lowest BCUT2D eigenvalue weighted by Crippen LogP contribution is -2.49. The second kappa shape index (κ2) is 7.56. The second-order valence-corrected chi connectivity index (χ2v) is 6.96. The first-order chi connectivity index (χ1) is 12.1. The number of amides is 3. The van der Waals surface area contributed by atoms with Gasteiger partial charge in [0.2, 0.25) is 5.91 Å². The fraction of sp³-hybridized carbons (Fsp3) is 0.526. The van der Waals surface area contributed by atoms with Crippen LogP contribution in [0, 0.1) is 17.2 Å². The van der Waals surface area contributed by atoms with E-state index in [2.05, 4.69) is 12.1 Å². The summed E-state index contributed by atoms with van der Waals surface area (Å²) < 4.78 is 0. The highest BCUT2D eigenvalue weighted by Gasteiger charge is 2.32. The lowest BCUT2D eigenvalue weighted by molar-refractivity contribution is -0.138. The molecule has 0 bridgehead atoms. The van der Waals surface area contributed by atoms with Crippen molar-refractivity contribution in [1.82, 2.24) is 9.80 Å². The number of nitrogens with zero attached hydrogens (tertiary/aromatic N) is 3. The summed E-state index contributed by atoms with van der Waals surface area (Å²) in [5, 5.41) is 9.04. The highest BCUT2D eigenvalue weighted by Crippen LogP contribution is 2.30. The number of hydrogen-bond donors (Lipinski definition) is 1. The van der Waals surface area contributed by atoms with Gasteiger partial charge < -0.3 is 15.5 Å². The molecule has 2 heterocycles. The summed E-state index contributed by atoms with van der Waals surface area (Å²) in [7, 11) is 0. The number of rotatable bonds is 2. The Hall–Kier alpha value is -2.55. The molecule has 0 radical (unpaired) electrons. The Kier molecular flexibility index (Phi) is 5.22. The normalized spacial score (nSPS) is 21.6. The molecule has 2 aliphatic heterocycles. The molecule has 0 aromatic heterocycles. The molecular weight excluding hydrogens is 316 g/mol. The van der Waals surface area contributed by atoms with Crippen molar-refractivity contribution >= 4 is 11.9 Å². The van der Waals surface area contributed by atoms with E-state index in [0.717, 1.165) is 38.8 Å². The lowest BCUT2D eigenvalue weighted by Gasteiger charge is -2.37. The molecule has 1 atom stereocenters. The van der Waals surface area contributed by atoms with Crippen molar-refractivity contribution in [2.75, 3.05) is 26.2 Å². The number of piperidine rings is 2. The molecule has 6 heteroatoms. The van der Waals surface area contributed by atoms with E-state index in [1.54, 1.807) is 4.90 Å². The molecule has 1 aromatic carbocycles. The molecule has 0 spiro atoms. The third kappa shape index (κ3) is 3.93. The van der Waals surface area contributed by atoms with E-state index >= 15 is 0 Å². The minimum atomic E-state index is -0.436. The van der Waals surface area contributed by atoms with Crippen LogP contribution in [0.2, 0.25) is 0 Å². The topological polar surface area (TPSA) is 90.4 Å². The zero-order valence-electron chi connectivity index (χ0n) is 14.4. The van der Waals surface area contributed by atoms with Crippen LogP contribution in [0.15, 0.2) is 24.3 Å². The van der Waals surface area contributed by atoms with E-state index in [4.69, 9.17) is 11.0 Å². The van der Waals surface area contributed by atoms with Crippen molar-refractivity contribution in [1.29, 1.82) is 5.26 Å². The highest BCUT2D eigenvalue weighted by molar-refractivity contribution is 5.80.